The minimum atomic E-state index is -5.08. The van der Waals surface area contributed by atoms with Crippen LogP contribution in [0.15, 0.2) is 36.7 Å². The molecule has 0 aromatic carbocycles. The summed E-state index contributed by atoms with van der Waals surface area (Å²) in [6, 6.07) is 6.46. The number of carboxylic acids is 1. The lowest BCUT2D eigenvalue weighted by molar-refractivity contribution is -0.192. The Balaban J connectivity index is 0.000000360. The molecule has 0 unspecified atom stereocenters. The number of hydrogen-bond donors (Lipinski definition) is 1. The predicted molar refractivity (Wildman–Crippen MR) is 102 cm³/mol. The molecule has 0 radical (unpaired) electrons. The number of aliphatic carboxylic acids is 1. The van der Waals surface area contributed by atoms with Crippen LogP contribution in [0.5, 0.6) is 5.88 Å². The van der Waals surface area contributed by atoms with Crippen LogP contribution < -0.4 is 4.74 Å². The third-order valence-electron chi connectivity index (χ3n) is 5.19. The molecule has 4 rings (SSSR count). The maximum atomic E-state index is 13.8. The first-order chi connectivity index (χ1) is 15.1. The number of ether oxygens (including phenoxy) is 2. The number of nitrogens with zero attached hydrogens (tertiary/aromatic N) is 3. The summed E-state index contributed by atoms with van der Waals surface area (Å²) in [4.78, 5) is 27.6. The van der Waals surface area contributed by atoms with Crippen molar-refractivity contribution >= 4 is 11.9 Å². The van der Waals surface area contributed by atoms with E-state index < -0.39 is 18.0 Å². The van der Waals surface area contributed by atoms with E-state index in [2.05, 4.69) is 4.98 Å². The van der Waals surface area contributed by atoms with Crippen molar-refractivity contribution in [3.05, 3.63) is 48.2 Å². The van der Waals surface area contributed by atoms with Gasteiger partial charge >= 0.3 is 12.1 Å². The van der Waals surface area contributed by atoms with Gasteiger partial charge in [-0.15, -0.1) is 0 Å². The zero-order valence-electron chi connectivity index (χ0n) is 17.0. The Bertz CT molecular complexity index is 965. The molecule has 1 saturated heterocycles. The standard InChI is InChI=1S/C18H20FN3O3.C2HF3O2/c1-21-9-3-5-14(21)18(23)22-10-11-24-16-13(22)6-7-15(16)25-17-12(19)4-2-8-20-17;3-2(4,5)1(6)7/h2-5,8-9,13,15-16H,6-7,10-11H2,1H3;(H,6,7)/t13-,15-,16+;/m0./s1. The lowest BCUT2D eigenvalue weighted by atomic mass is 10.1. The maximum Gasteiger partial charge on any atom is 0.490 e. The van der Waals surface area contributed by atoms with Crippen molar-refractivity contribution in [2.45, 2.75) is 37.3 Å². The van der Waals surface area contributed by atoms with Crippen LogP contribution in [0.4, 0.5) is 17.6 Å². The van der Waals surface area contributed by atoms with E-state index in [0.717, 1.165) is 6.42 Å². The Kier molecular flexibility index (Phi) is 7.02. The van der Waals surface area contributed by atoms with Crippen LogP contribution in [-0.2, 0) is 16.6 Å². The number of halogens is 4. The van der Waals surface area contributed by atoms with Gasteiger partial charge in [0.1, 0.15) is 17.9 Å². The molecule has 1 aliphatic carbocycles. The van der Waals surface area contributed by atoms with E-state index in [-0.39, 0.29) is 30.0 Å². The highest BCUT2D eigenvalue weighted by Gasteiger charge is 2.46. The number of aryl methyl sites for hydroxylation is 1. The van der Waals surface area contributed by atoms with E-state index >= 15 is 0 Å². The number of hydrogen-bond acceptors (Lipinski definition) is 5. The molecule has 2 aliphatic rings. The zero-order chi connectivity index (χ0) is 23.5. The van der Waals surface area contributed by atoms with Gasteiger partial charge in [0.2, 0.25) is 0 Å². The lowest BCUT2D eigenvalue weighted by Gasteiger charge is -2.38. The van der Waals surface area contributed by atoms with Crippen LogP contribution in [-0.4, -0.2) is 69.0 Å². The van der Waals surface area contributed by atoms with E-state index in [0.29, 0.717) is 25.3 Å². The fourth-order valence-corrected chi connectivity index (χ4v) is 3.73. The van der Waals surface area contributed by atoms with Crippen molar-refractivity contribution in [1.29, 1.82) is 0 Å². The minimum absolute atomic E-state index is 0.00420. The Labute approximate surface area is 180 Å². The molecule has 32 heavy (non-hydrogen) atoms. The summed E-state index contributed by atoms with van der Waals surface area (Å²) in [7, 11) is 1.86. The van der Waals surface area contributed by atoms with E-state index in [1.54, 1.807) is 0 Å². The van der Waals surface area contributed by atoms with Gasteiger partial charge in [0, 0.05) is 26.0 Å². The summed E-state index contributed by atoms with van der Waals surface area (Å²) in [5, 5.41) is 7.12. The van der Waals surface area contributed by atoms with Gasteiger partial charge in [0.15, 0.2) is 5.82 Å². The molecule has 0 spiro atoms. The second-order valence-electron chi connectivity index (χ2n) is 7.23. The molecule has 174 valence electrons. The first-order valence-corrected chi connectivity index (χ1v) is 9.70. The van der Waals surface area contributed by atoms with Gasteiger partial charge in [-0.05, 0) is 37.1 Å². The molecule has 1 saturated carbocycles. The Morgan fingerprint density at radius 1 is 1.25 bits per heavy atom. The second kappa shape index (κ2) is 9.55. The summed E-state index contributed by atoms with van der Waals surface area (Å²) >= 11 is 0. The average molecular weight is 459 g/mol. The van der Waals surface area contributed by atoms with Crippen molar-refractivity contribution in [2.75, 3.05) is 13.2 Å². The van der Waals surface area contributed by atoms with Crippen molar-refractivity contribution in [3.8, 4) is 5.88 Å². The number of rotatable bonds is 3. The number of aromatic nitrogens is 2. The molecule has 12 heteroatoms. The summed E-state index contributed by atoms with van der Waals surface area (Å²) < 4.78 is 59.0. The van der Waals surface area contributed by atoms with Crippen molar-refractivity contribution in [2.24, 2.45) is 7.05 Å². The summed E-state index contributed by atoms with van der Waals surface area (Å²) in [6.07, 6.45) is -0.840. The molecule has 1 aliphatic heterocycles. The van der Waals surface area contributed by atoms with Crippen LogP contribution in [0.25, 0.3) is 0 Å². The molecular weight excluding hydrogens is 438 g/mol. The normalized spacial score (nSPS) is 22.5. The number of alkyl halides is 3. The Morgan fingerprint density at radius 2 is 1.97 bits per heavy atom. The van der Waals surface area contributed by atoms with Gasteiger partial charge < -0.3 is 24.0 Å². The number of fused-ring (bicyclic) bond motifs is 1. The molecule has 1 amide bonds. The highest BCUT2D eigenvalue weighted by Crippen LogP contribution is 2.33. The van der Waals surface area contributed by atoms with Crippen LogP contribution >= 0.6 is 0 Å². The SMILES string of the molecule is Cn1cccc1C(=O)N1CCO[C@H]2[C@@H](Oc3ncccc3F)CC[C@@H]21.O=C(O)C(F)(F)F. The van der Waals surface area contributed by atoms with Gasteiger partial charge in [-0.2, -0.15) is 13.2 Å². The number of pyridine rings is 1. The van der Waals surface area contributed by atoms with Crippen molar-refractivity contribution < 1.29 is 41.7 Å². The predicted octanol–water partition coefficient (Wildman–Crippen LogP) is 2.64. The molecule has 2 aromatic rings. The van der Waals surface area contributed by atoms with E-state index in [4.69, 9.17) is 19.4 Å². The third kappa shape index (κ3) is 5.18. The van der Waals surface area contributed by atoms with E-state index in [1.807, 2.05) is 34.8 Å². The molecule has 0 bridgehead atoms. The summed E-state index contributed by atoms with van der Waals surface area (Å²) in [6.45, 7) is 0.998. The van der Waals surface area contributed by atoms with E-state index in [1.165, 1.54) is 18.3 Å². The first-order valence-electron chi connectivity index (χ1n) is 9.70. The van der Waals surface area contributed by atoms with E-state index in [9.17, 15) is 22.4 Å². The number of carbonyl (C=O) groups is 2. The molecule has 3 heterocycles. The first kappa shape index (κ1) is 23.5. The van der Waals surface area contributed by atoms with Gasteiger partial charge in [0.05, 0.1) is 12.6 Å². The van der Waals surface area contributed by atoms with Crippen LogP contribution in [0, 0.1) is 5.82 Å². The fourth-order valence-electron chi connectivity index (χ4n) is 3.73. The topological polar surface area (TPSA) is 93.9 Å². The maximum absolute atomic E-state index is 13.8. The number of carbonyl (C=O) groups excluding carboxylic acids is 1. The number of morpholine rings is 1. The fraction of sp³-hybridized carbons (Fsp3) is 0.450. The third-order valence-corrected chi connectivity index (χ3v) is 5.19. The molecule has 3 atom stereocenters. The molecule has 2 fully saturated rings. The second-order valence-corrected chi connectivity index (χ2v) is 7.23. The van der Waals surface area contributed by atoms with Crippen LogP contribution in [0.3, 0.4) is 0 Å². The van der Waals surface area contributed by atoms with Crippen LogP contribution in [0.2, 0.25) is 0 Å². The largest absolute Gasteiger partial charge is 0.490 e. The average Bonchev–Trinajstić information content (AvgIpc) is 3.35. The molecule has 2 aromatic heterocycles. The highest BCUT2D eigenvalue weighted by molar-refractivity contribution is 5.93. The van der Waals surface area contributed by atoms with Crippen molar-refractivity contribution in [3.63, 3.8) is 0 Å². The minimum Gasteiger partial charge on any atom is -0.475 e. The zero-order valence-corrected chi connectivity index (χ0v) is 17.0. The molecule has 8 nitrogen and oxygen atoms in total. The van der Waals surface area contributed by atoms with Gasteiger partial charge in [-0.3, -0.25) is 4.79 Å². The summed E-state index contributed by atoms with van der Waals surface area (Å²) in [5.41, 5.74) is 0.654. The summed E-state index contributed by atoms with van der Waals surface area (Å²) in [5.74, 6) is -3.26. The van der Waals surface area contributed by atoms with Gasteiger partial charge in [-0.25, -0.2) is 14.2 Å². The Morgan fingerprint density at radius 3 is 2.56 bits per heavy atom. The monoisotopic (exact) mass is 459 g/mol. The number of amides is 1. The molecule has 1 N–H and O–H groups in total. The quantitative estimate of drug-likeness (QED) is 0.710. The Hall–Kier alpha value is -3.15. The van der Waals surface area contributed by atoms with Crippen LogP contribution in [0.1, 0.15) is 23.3 Å². The molecular formula is C20H21F4N3O5. The lowest BCUT2D eigenvalue weighted by Crippen LogP contribution is -2.54. The van der Waals surface area contributed by atoms with Crippen molar-refractivity contribution in [1.82, 2.24) is 14.5 Å². The van der Waals surface area contributed by atoms with Gasteiger partial charge in [0.25, 0.3) is 11.8 Å². The highest BCUT2D eigenvalue weighted by atomic mass is 19.4. The number of carboxylic acid groups (broad SMARTS) is 1. The van der Waals surface area contributed by atoms with Gasteiger partial charge in [-0.1, -0.05) is 0 Å². The smallest absolute Gasteiger partial charge is 0.475 e.